The predicted octanol–water partition coefficient (Wildman–Crippen LogP) is 20.5. The first-order chi connectivity index (χ1) is 35.0. The smallest absolute Gasteiger partial charge is 0.306 e. The fourth-order valence-corrected chi connectivity index (χ4v) is 8.53. The van der Waals surface area contributed by atoms with Crippen LogP contribution in [0.4, 0.5) is 0 Å². The van der Waals surface area contributed by atoms with Crippen LogP contribution in [-0.2, 0) is 28.6 Å². The summed E-state index contributed by atoms with van der Waals surface area (Å²) in [6.07, 6.45) is 76.0. The Bertz CT molecular complexity index is 1320. The quantitative estimate of drug-likeness (QED) is 0.0261. The molecule has 71 heavy (non-hydrogen) atoms. The zero-order valence-corrected chi connectivity index (χ0v) is 47.0. The first-order valence-electron chi connectivity index (χ1n) is 30.4. The van der Waals surface area contributed by atoms with Crippen LogP contribution in [0.15, 0.2) is 72.9 Å². The van der Waals surface area contributed by atoms with E-state index in [1.807, 2.05) is 0 Å². The minimum absolute atomic E-state index is 0.0872. The van der Waals surface area contributed by atoms with Gasteiger partial charge in [-0.1, -0.05) is 241 Å². The second-order valence-electron chi connectivity index (χ2n) is 20.2. The lowest BCUT2D eigenvalue weighted by atomic mass is 10.1. The van der Waals surface area contributed by atoms with Crippen molar-refractivity contribution in [3.8, 4) is 0 Å². The van der Waals surface area contributed by atoms with Gasteiger partial charge in [0, 0.05) is 19.3 Å². The van der Waals surface area contributed by atoms with Crippen LogP contribution < -0.4 is 0 Å². The van der Waals surface area contributed by atoms with E-state index in [-0.39, 0.29) is 31.1 Å². The molecular weight excluding hydrogens is 877 g/mol. The highest BCUT2D eigenvalue weighted by molar-refractivity contribution is 5.71. The van der Waals surface area contributed by atoms with E-state index in [4.69, 9.17) is 14.2 Å². The van der Waals surface area contributed by atoms with E-state index in [0.717, 1.165) is 89.9 Å². The number of ether oxygens (including phenoxy) is 3. The summed E-state index contributed by atoms with van der Waals surface area (Å²) in [6, 6.07) is 0. The van der Waals surface area contributed by atoms with Crippen molar-refractivity contribution in [3.63, 3.8) is 0 Å². The van der Waals surface area contributed by atoms with Gasteiger partial charge < -0.3 is 14.2 Å². The van der Waals surface area contributed by atoms with E-state index in [1.54, 1.807) is 0 Å². The molecule has 0 aliphatic rings. The van der Waals surface area contributed by atoms with Gasteiger partial charge in [-0.15, -0.1) is 0 Å². The Kier molecular flexibility index (Phi) is 56.8. The summed E-state index contributed by atoms with van der Waals surface area (Å²) in [5, 5.41) is 0. The molecule has 0 saturated carbocycles. The Morgan fingerprint density at radius 1 is 0.282 bits per heavy atom. The Balaban J connectivity index is 4.42. The average Bonchev–Trinajstić information content (AvgIpc) is 3.37. The molecule has 1 atom stereocenters. The van der Waals surface area contributed by atoms with Crippen molar-refractivity contribution >= 4 is 17.9 Å². The van der Waals surface area contributed by atoms with Gasteiger partial charge in [0.05, 0.1) is 0 Å². The fourth-order valence-electron chi connectivity index (χ4n) is 8.53. The molecule has 0 aromatic carbocycles. The van der Waals surface area contributed by atoms with Crippen LogP contribution in [0.25, 0.3) is 0 Å². The van der Waals surface area contributed by atoms with Gasteiger partial charge in [-0.25, -0.2) is 0 Å². The number of hydrogen-bond acceptors (Lipinski definition) is 6. The summed E-state index contributed by atoms with van der Waals surface area (Å²) >= 11 is 0. The van der Waals surface area contributed by atoms with Gasteiger partial charge in [0.15, 0.2) is 6.10 Å². The summed E-state index contributed by atoms with van der Waals surface area (Å²) in [4.78, 5) is 38.3. The third-order valence-corrected chi connectivity index (χ3v) is 13.2. The standard InChI is InChI=1S/C65H114O6/c1-4-7-10-13-16-19-22-25-28-31-32-35-37-40-43-46-49-52-55-58-64(67)70-61-62(71-65(68)59-56-53-50-47-44-41-38-34-30-27-24-21-18-15-12-9-6-3)60-69-63(66)57-54-51-48-45-42-39-36-33-29-26-23-20-17-14-11-8-5-2/h16,18-19,21,25-30,38,41,62H,4-15,17,20,22-24,31-37,39-40,42-61H2,1-3H3/b19-16-,21-18-,28-25-,29-26-,30-27-,41-38-/t62-/m1/s1. The minimum Gasteiger partial charge on any atom is -0.462 e. The Labute approximate surface area is 440 Å². The molecule has 410 valence electrons. The van der Waals surface area contributed by atoms with E-state index in [9.17, 15) is 14.4 Å². The van der Waals surface area contributed by atoms with Crippen LogP contribution in [-0.4, -0.2) is 37.2 Å². The molecular formula is C65H114O6. The van der Waals surface area contributed by atoms with Crippen LogP contribution in [0.5, 0.6) is 0 Å². The molecule has 0 aliphatic carbocycles. The average molecular weight is 992 g/mol. The van der Waals surface area contributed by atoms with E-state index in [2.05, 4.69) is 93.7 Å². The molecule has 0 saturated heterocycles. The molecule has 6 heteroatoms. The van der Waals surface area contributed by atoms with Gasteiger partial charge in [0.2, 0.25) is 0 Å². The largest absolute Gasteiger partial charge is 0.462 e. The number of allylic oxidation sites excluding steroid dienone is 12. The molecule has 0 aromatic rings. The summed E-state index contributed by atoms with van der Waals surface area (Å²) in [5.74, 6) is -0.906. The molecule has 0 unspecified atom stereocenters. The van der Waals surface area contributed by atoms with Gasteiger partial charge in [0.1, 0.15) is 13.2 Å². The summed E-state index contributed by atoms with van der Waals surface area (Å²) in [5.41, 5.74) is 0. The van der Waals surface area contributed by atoms with Crippen molar-refractivity contribution in [2.24, 2.45) is 0 Å². The van der Waals surface area contributed by atoms with E-state index in [0.29, 0.717) is 19.3 Å². The number of carbonyl (C=O) groups excluding carboxylic acids is 3. The van der Waals surface area contributed by atoms with Crippen LogP contribution in [0.2, 0.25) is 0 Å². The lowest BCUT2D eigenvalue weighted by molar-refractivity contribution is -0.167. The maximum absolute atomic E-state index is 12.9. The molecule has 0 bridgehead atoms. The predicted molar refractivity (Wildman–Crippen MR) is 307 cm³/mol. The first-order valence-corrected chi connectivity index (χ1v) is 30.4. The zero-order chi connectivity index (χ0) is 51.4. The number of unbranched alkanes of at least 4 members (excludes halogenated alkanes) is 32. The number of esters is 3. The lowest BCUT2D eigenvalue weighted by Crippen LogP contribution is -2.30. The van der Waals surface area contributed by atoms with Crippen LogP contribution in [0, 0.1) is 0 Å². The van der Waals surface area contributed by atoms with Crippen LogP contribution in [0.3, 0.4) is 0 Å². The first kappa shape index (κ1) is 67.8. The van der Waals surface area contributed by atoms with Gasteiger partial charge in [-0.3, -0.25) is 14.4 Å². The topological polar surface area (TPSA) is 78.9 Å². The Hall–Kier alpha value is -3.15. The summed E-state index contributed by atoms with van der Waals surface area (Å²) in [7, 11) is 0. The third kappa shape index (κ3) is 57.6. The monoisotopic (exact) mass is 991 g/mol. The van der Waals surface area contributed by atoms with Gasteiger partial charge in [-0.2, -0.15) is 0 Å². The maximum Gasteiger partial charge on any atom is 0.306 e. The molecule has 0 amide bonds. The molecule has 0 heterocycles. The SMILES string of the molecule is CCCCC/C=C\C/C=C\C/C=C\CCCCCCC(=O)O[C@H](COC(=O)CCCCCCCCC/C=C\CCCCCCCC)COC(=O)CCCCCCCCCCC/C=C\C/C=C\CCCCC. The van der Waals surface area contributed by atoms with Crippen molar-refractivity contribution in [1.82, 2.24) is 0 Å². The Morgan fingerprint density at radius 2 is 0.507 bits per heavy atom. The van der Waals surface area contributed by atoms with E-state index >= 15 is 0 Å². The summed E-state index contributed by atoms with van der Waals surface area (Å²) < 4.78 is 16.9. The normalized spacial score (nSPS) is 12.5. The highest BCUT2D eigenvalue weighted by Crippen LogP contribution is 2.15. The van der Waals surface area contributed by atoms with Crippen molar-refractivity contribution in [2.45, 2.75) is 309 Å². The third-order valence-electron chi connectivity index (χ3n) is 13.2. The van der Waals surface area contributed by atoms with Crippen molar-refractivity contribution in [3.05, 3.63) is 72.9 Å². The molecule has 0 rings (SSSR count). The highest BCUT2D eigenvalue weighted by Gasteiger charge is 2.19. The second kappa shape index (κ2) is 59.4. The summed E-state index contributed by atoms with van der Waals surface area (Å²) in [6.45, 7) is 6.59. The van der Waals surface area contributed by atoms with Crippen molar-refractivity contribution < 1.29 is 28.6 Å². The lowest BCUT2D eigenvalue weighted by Gasteiger charge is -2.18. The van der Waals surface area contributed by atoms with Crippen molar-refractivity contribution in [1.29, 1.82) is 0 Å². The molecule has 6 nitrogen and oxygen atoms in total. The molecule has 0 aliphatic heterocycles. The molecule has 0 aromatic heterocycles. The molecule has 0 N–H and O–H groups in total. The number of carbonyl (C=O) groups is 3. The Morgan fingerprint density at radius 3 is 0.831 bits per heavy atom. The minimum atomic E-state index is -0.792. The number of rotatable bonds is 55. The van der Waals surface area contributed by atoms with Gasteiger partial charge in [-0.05, 0) is 116 Å². The fraction of sp³-hybridized carbons (Fsp3) is 0.769. The maximum atomic E-state index is 12.9. The number of hydrogen-bond donors (Lipinski definition) is 0. The zero-order valence-electron chi connectivity index (χ0n) is 47.0. The second-order valence-corrected chi connectivity index (χ2v) is 20.2. The van der Waals surface area contributed by atoms with Gasteiger partial charge >= 0.3 is 17.9 Å². The highest BCUT2D eigenvalue weighted by atomic mass is 16.6. The van der Waals surface area contributed by atoms with E-state index in [1.165, 1.54) is 173 Å². The van der Waals surface area contributed by atoms with E-state index < -0.39 is 6.10 Å². The van der Waals surface area contributed by atoms with Gasteiger partial charge in [0.25, 0.3) is 0 Å². The molecule has 0 fully saturated rings. The molecule has 0 radical (unpaired) electrons. The van der Waals surface area contributed by atoms with Crippen LogP contribution >= 0.6 is 0 Å². The van der Waals surface area contributed by atoms with Crippen molar-refractivity contribution in [2.75, 3.05) is 13.2 Å². The van der Waals surface area contributed by atoms with Crippen LogP contribution in [0.1, 0.15) is 303 Å². The molecule has 0 spiro atoms.